The van der Waals surface area contributed by atoms with E-state index in [1.165, 1.54) is 4.90 Å². The van der Waals surface area contributed by atoms with Gasteiger partial charge in [-0.1, -0.05) is 18.9 Å². The van der Waals surface area contributed by atoms with Crippen LogP contribution < -0.4 is 0 Å². The maximum atomic E-state index is 11.8. The lowest BCUT2D eigenvalue weighted by Crippen LogP contribution is -2.31. The summed E-state index contributed by atoms with van der Waals surface area (Å²) in [5, 5.41) is 0. The molecule has 2 aliphatic rings. The lowest BCUT2D eigenvalue weighted by molar-refractivity contribution is -0.139. The average molecular weight is 193 g/mol. The number of carbonyl (C=O) groups is 2. The number of nitrogens with zero attached hydrogens (tertiary/aromatic N) is 1. The van der Waals surface area contributed by atoms with Gasteiger partial charge >= 0.3 is 0 Å². The molecule has 0 bridgehead atoms. The van der Waals surface area contributed by atoms with E-state index in [-0.39, 0.29) is 23.7 Å². The number of hydrogen-bond acceptors (Lipinski definition) is 2. The minimum atomic E-state index is -0.0174. The molecule has 1 saturated heterocycles. The molecular formula is C11H15NO2. The van der Waals surface area contributed by atoms with E-state index in [2.05, 4.69) is 6.58 Å². The first kappa shape index (κ1) is 9.44. The van der Waals surface area contributed by atoms with Crippen LogP contribution in [0.5, 0.6) is 0 Å². The number of imide groups is 1. The Hall–Kier alpha value is -1.12. The Morgan fingerprint density at radius 2 is 1.71 bits per heavy atom. The van der Waals surface area contributed by atoms with Gasteiger partial charge < -0.3 is 0 Å². The maximum absolute atomic E-state index is 11.8. The summed E-state index contributed by atoms with van der Waals surface area (Å²) in [7, 11) is 0. The van der Waals surface area contributed by atoms with Crippen molar-refractivity contribution in [2.45, 2.75) is 25.7 Å². The fraction of sp³-hybridized carbons (Fsp3) is 0.636. The molecule has 0 radical (unpaired) electrons. The van der Waals surface area contributed by atoms with Crippen LogP contribution >= 0.6 is 0 Å². The van der Waals surface area contributed by atoms with Crippen LogP contribution in [0.15, 0.2) is 12.7 Å². The van der Waals surface area contributed by atoms with Gasteiger partial charge in [0.15, 0.2) is 0 Å². The van der Waals surface area contributed by atoms with Crippen LogP contribution in [0.1, 0.15) is 25.7 Å². The third kappa shape index (κ3) is 1.27. The van der Waals surface area contributed by atoms with Gasteiger partial charge in [-0.05, 0) is 12.8 Å². The first-order valence-electron chi connectivity index (χ1n) is 5.22. The molecule has 0 aromatic heterocycles. The second-order valence-electron chi connectivity index (χ2n) is 4.07. The summed E-state index contributed by atoms with van der Waals surface area (Å²) in [6.45, 7) is 3.94. The van der Waals surface area contributed by atoms with Crippen molar-refractivity contribution in [2.24, 2.45) is 11.8 Å². The summed E-state index contributed by atoms with van der Waals surface area (Å²) in [5.41, 5.74) is 0. The van der Waals surface area contributed by atoms with Gasteiger partial charge in [-0.25, -0.2) is 0 Å². The Kier molecular flexibility index (Phi) is 2.40. The molecule has 76 valence electrons. The monoisotopic (exact) mass is 193 g/mol. The summed E-state index contributed by atoms with van der Waals surface area (Å²) in [6.07, 6.45) is 5.57. The summed E-state index contributed by atoms with van der Waals surface area (Å²) >= 11 is 0. The molecule has 1 aliphatic heterocycles. The normalized spacial score (nSPS) is 31.9. The van der Waals surface area contributed by atoms with Gasteiger partial charge in [-0.3, -0.25) is 14.5 Å². The van der Waals surface area contributed by atoms with Crippen molar-refractivity contribution in [1.82, 2.24) is 4.90 Å². The Bertz CT molecular complexity index is 261. The van der Waals surface area contributed by atoms with E-state index in [1.807, 2.05) is 0 Å². The third-order valence-electron chi connectivity index (χ3n) is 3.24. The largest absolute Gasteiger partial charge is 0.278 e. The van der Waals surface area contributed by atoms with Crippen LogP contribution in [0, 0.1) is 11.8 Å². The second-order valence-corrected chi connectivity index (χ2v) is 4.07. The highest BCUT2D eigenvalue weighted by atomic mass is 16.2. The quantitative estimate of drug-likeness (QED) is 0.490. The average Bonchev–Trinajstić information content (AvgIpc) is 2.45. The fourth-order valence-electron chi connectivity index (χ4n) is 2.54. The highest BCUT2D eigenvalue weighted by Gasteiger charge is 2.47. The van der Waals surface area contributed by atoms with Gasteiger partial charge in [0.2, 0.25) is 11.8 Å². The SMILES string of the molecule is C=CCN1C(=O)[C@@H]2CCCC[C@H]2C1=O. The third-order valence-corrected chi connectivity index (χ3v) is 3.24. The van der Waals surface area contributed by atoms with Crippen molar-refractivity contribution < 1.29 is 9.59 Å². The van der Waals surface area contributed by atoms with E-state index in [4.69, 9.17) is 0 Å². The van der Waals surface area contributed by atoms with Crippen LogP contribution in [0.25, 0.3) is 0 Å². The molecular weight excluding hydrogens is 178 g/mol. The van der Waals surface area contributed by atoms with Crippen molar-refractivity contribution in [1.29, 1.82) is 0 Å². The van der Waals surface area contributed by atoms with Crippen molar-refractivity contribution in [3.8, 4) is 0 Å². The molecule has 1 aliphatic carbocycles. The Morgan fingerprint density at radius 3 is 2.14 bits per heavy atom. The van der Waals surface area contributed by atoms with Crippen LogP contribution in [-0.2, 0) is 9.59 Å². The molecule has 3 nitrogen and oxygen atoms in total. The Balaban J connectivity index is 2.19. The molecule has 0 spiro atoms. The molecule has 2 fully saturated rings. The molecule has 0 unspecified atom stereocenters. The molecule has 14 heavy (non-hydrogen) atoms. The number of carbonyl (C=O) groups excluding carboxylic acids is 2. The maximum Gasteiger partial charge on any atom is 0.233 e. The number of likely N-dealkylation sites (tertiary alicyclic amines) is 1. The van der Waals surface area contributed by atoms with E-state index in [1.54, 1.807) is 6.08 Å². The van der Waals surface area contributed by atoms with Crippen molar-refractivity contribution in [3.05, 3.63) is 12.7 Å². The highest BCUT2D eigenvalue weighted by molar-refractivity contribution is 6.05. The van der Waals surface area contributed by atoms with E-state index in [0.717, 1.165) is 25.7 Å². The van der Waals surface area contributed by atoms with Gasteiger partial charge in [-0.2, -0.15) is 0 Å². The van der Waals surface area contributed by atoms with Gasteiger partial charge in [0, 0.05) is 6.54 Å². The minimum Gasteiger partial charge on any atom is -0.278 e. The zero-order valence-electron chi connectivity index (χ0n) is 8.24. The van der Waals surface area contributed by atoms with E-state index in [0.29, 0.717) is 6.54 Å². The van der Waals surface area contributed by atoms with Crippen molar-refractivity contribution in [3.63, 3.8) is 0 Å². The molecule has 2 rings (SSSR count). The smallest absolute Gasteiger partial charge is 0.233 e. The molecule has 0 N–H and O–H groups in total. The standard InChI is InChI=1S/C11H15NO2/c1-2-7-12-10(13)8-5-3-4-6-9(8)11(12)14/h2,8-9H,1,3-7H2/t8-,9-/m1/s1. The topological polar surface area (TPSA) is 37.4 Å². The molecule has 2 atom stereocenters. The van der Waals surface area contributed by atoms with E-state index in [9.17, 15) is 9.59 Å². The van der Waals surface area contributed by atoms with Gasteiger partial charge in [0.05, 0.1) is 11.8 Å². The number of amides is 2. The first-order chi connectivity index (χ1) is 6.75. The molecule has 1 heterocycles. The predicted molar refractivity (Wildman–Crippen MR) is 52.4 cm³/mol. The molecule has 3 heteroatoms. The summed E-state index contributed by atoms with van der Waals surface area (Å²) in [6, 6.07) is 0. The fourth-order valence-corrected chi connectivity index (χ4v) is 2.54. The van der Waals surface area contributed by atoms with E-state index >= 15 is 0 Å². The zero-order chi connectivity index (χ0) is 10.1. The number of rotatable bonds is 2. The van der Waals surface area contributed by atoms with Crippen LogP contribution in [0.2, 0.25) is 0 Å². The molecule has 1 saturated carbocycles. The molecule has 2 amide bonds. The number of fused-ring (bicyclic) bond motifs is 1. The minimum absolute atomic E-state index is 0.0174. The van der Waals surface area contributed by atoms with Crippen LogP contribution in [0.4, 0.5) is 0 Å². The summed E-state index contributed by atoms with van der Waals surface area (Å²) in [4.78, 5) is 25.0. The second kappa shape index (κ2) is 3.56. The lowest BCUT2D eigenvalue weighted by Gasteiger charge is -2.19. The summed E-state index contributed by atoms with van der Waals surface area (Å²) in [5.74, 6) is 0.0200. The summed E-state index contributed by atoms with van der Waals surface area (Å²) < 4.78 is 0. The van der Waals surface area contributed by atoms with Crippen molar-refractivity contribution >= 4 is 11.8 Å². The number of hydrogen-bond donors (Lipinski definition) is 0. The molecule has 0 aromatic carbocycles. The Labute approximate surface area is 83.8 Å². The predicted octanol–water partition coefficient (Wildman–Crippen LogP) is 1.35. The zero-order valence-corrected chi connectivity index (χ0v) is 8.24. The van der Waals surface area contributed by atoms with Gasteiger partial charge in [-0.15, -0.1) is 6.58 Å². The highest BCUT2D eigenvalue weighted by Crippen LogP contribution is 2.37. The van der Waals surface area contributed by atoms with Crippen LogP contribution in [0.3, 0.4) is 0 Å². The van der Waals surface area contributed by atoms with Crippen LogP contribution in [-0.4, -0.2) is 23.3 Å². The Morgan fingerprint density at radius 1 is 1.21 bits per heavy atom. The van der Waals surface area contributed by atoms with Gasteiger partial charge in [0.1, 0.15) is 0 Å². The van der Waals surface area contributed by atoms with Crippen molar-refractivity contribution in [2.75, 3.05) is 6.54 Å². The lowest BCUT2D eigenvalue weighted by atomic mass is 9.81. The molecule has 0 aromatic rings. The van der Waals surface area contributed by atoms with E-state index < -0.39 is 0 Å². The van der Waals surface area contributed by atoms with Gasteiger partial charge in [0.25, 0.3) is 0 Å². The first-order valence-corrected chi connectivity index (χ1v) is 5.22.